The molecule has 0 aliphatic carbocycles. The van der Waals surface area contributed by atoms with Crippen molar-refractivity contribution in [3.05, 3.63) is 95.1 Å². The Morgan fingerprint density at radius 1 is 0.893 bits per heavy atom. The SMILES string of the molecule is CCc1ccc(C2=C(c3ccc(S(N)(=O)=O)cc3)Oc3ccccc3C2)cc1. The summed E-state index contributed by atoms with van der Waals surface area (Å²) in [4.78, 5) is 0.0851. The van der Waals surface area contributed by atoms with Gasteiger partial charge in [-0.2, -0.15) is 0 Å². The molecule has 1 aliphatic rings. The third-order valence-corrected chi connectivity index (χ3v) is 5.91. The van der Waals surface area contributed by atoms with Gasteiger partial charge in [0.25, 0.3) is 0 Å². The Bertz CT molecular complexity index is 1150. The van der Waals surface area contributed by atoms with Crippen molar-refractivity contribution in [2.75, 3.05) is 0 Å². The first-order chi connectivity index (χ1) is 13.5. The molecule has 0 bridgehead atoms. The number of primary sulfonamides is 1. The van der Waals surface area contributed by atoms with Gasteiger partial charge in [-0.15, -0.1) is 0 Å². The van der Waals surface area contributed by atoms with Crippen LogP contribution < -0.4 is 9.88 Å². The summed E-state index contributed by atoms with van der Waals surface area (Å²) in [6, 6.07) is 23.0. The van der Waals surface area contributed by atoms with E-state index in [0.29, 0.717) is 0 Å². The fraction of sp³-hybridized carbons (Fsp3) is 0.130. The smallest absolute Gasteiger partial charge is 0.238 e. The van der Waals surface area contributed by atoms with E-state index in [2.05, 4.69) is 37.3 Å². The lowest BCUT2D eigenvalue weighted by molar-refractivity contribution is 0.502. The lowest BCUT2D eigenvalue weighted by Crippen LogP contribution is -2.12. The van der Waals surface area contributed by atoms with Crippen LogP contribution in [0.15, 0.2) is 77.7 Å². The molecule has 0 spiro atoms. The number of sulfonamides is 1. The van der Waals surface area contributed by atoms with E-state index < -0.39 is 10.0 Å². The number of hydrogen-bond donors (Lipinski definition) is 1. The molecule has 0 aromatic heterocycles. The van der Waals surface area contributed by atoms with Crippen LogP contribution in [0, 0.1) is 0 Å². The molecule has 3 aromatic carbocycles. The normalized spacial score (nSPS) is 13.8. The molecule has 2 N–H and O–H groups in total. The highest BCUT2D eigenvalue weighted by molar-refractivity contribution is 7.89. The van der Waals surface area contributed by atoms with Crippen molar-refractivity contribution in [2.24, 2.45) is 5.14 Å². The Balaban J connectivity index is 1.83. The average molecular weight is 391 g/mol. The lowest BCUT2D eigenvalue weighted by Gasteiger charge is -2.24. The number of benzene rings is 3. The summed E-state index contributed by atoms with van der Waals surface area (Å²) in [5, 5.41) is 5.22. The van der Waals surface area contributed by atoms with Crippen LogP contribution in [0.1, 0.15) is 29.2 Å². The second kappa shape index (κ2) is 7.26. The average Bonchev–Trinajstić information content (AvgIpc) is 2.72. The molecule has 5 heteroatoms. The summed E-state index contributed by atoms with van der Waals surface area (Å²) in [5.41, 5.74) is 5.39. The molecule has 0 amide bonds. The predicted molar refractivity (Wildman–Crippen MR) is 111 cm³/mol. The second-order valence-corrected chi connectivity index (χ2v) is 8.38. The number of para-hydroxylation sites is 1. The van der Waals surface area contributed by atoms with Crippen molar-refractivity contribution < 1.29 is 13.2 Å². The summed E-state index contributed by atoms with van der Waals surface area (Å²) in [6.45, 7) is 2.13. The Kier molecular flexibility index (Phi) is 4.79. The molecular formula is C23H21NO3S. The monoisotopic (exact) mass is 391 g/mol. The van der Waals surface area contributed by atoms with Gasteiger partial charge in [0.2, 0.25) is 10.0 Å². The van der Waals surface area contributed by atoms with Gasteiger partial charge in [-0.3, -0.25) is 0 Å². The van der Waals surface area contributed by atoms with E-state index in [-0.39, 0.29) is 4.90 Å². The molecule has 0 unspecified atom stereocenters. The minimum Gasteiger partial charge on any atom is -0.456 e. The first kappa shape index (κ1) is 18.5. The molecular weight excluding hydrogens is 370 g/mol. The molecule has 28 heavy (non-hydrogen) atoms. The van der Waals surface area contributed by atoms with Gasteiger partial charge in [-0.1, -0.05) is 49.4 Å². The van der Waals surface area contributed by atoms with Crippen LogP contribution in [0.2, 0.25) is 0 Å². The number of rotatable bonds is 4. The van der Waals surface area contributed by atoms with Crippen LogP contribution in [0.25, 0.3) is 11.3 Å². The summed E-state index contributed by atoms with van der Waals surface area (Å²) in [6.07, 6.45) is 1.73. The molecule has 0 saturated carbocycles. The van der Waals surface area contributed by atoms with Crippen molar-refractivity contribution in [3.63, 3.8) is 0 Å². The molecule has 4 nitrogen and oxygen atoms in total. The number of fused-ring (bicyclic) bond motifs is 1. The van der Waals surface area contributed by atoms with Gasteiger partial charge in [0, 0.05) is 17.6 Å². The van der Waals surface area contributed by atoms with Gasteiger partial charge in [0.05, 0.1) is 4.90 Å². The zero-order valence-corrected chi connectivity index (χ0v) is 16.4. The third-order valence-electron chi connectivity index (χ3n) is 4.98. The highest BCUT2D eigenvalue weighted by Crippen LogP contribution is 2.39. The van der Waals surface area contributed by atoms with Gasteiger partial charge >= 0.3 is 0 Å². The summed E-state index contributed by atoms with van der Waals surface area (Å²) < 4.78 is 29.4. The standard InChI is InChI=1S/C23H21NO3S/c1-2-16-7-9-17(10-8-16)21-15-19-5-3-4-6-22(19)27-23(21)18-11-13-20(14-12-18)28(24,25)26/h3-14H,2,15H2,1H3,(H2,24,25,26). The van der Waals surface area contributed by atoms with Gasteiger partial charge in [0.15, 0.2) is 0 Å². The Labute approximate surface area is 165 Å². The Hall–Kier alpha value is -2.89. The minimum atomic E-state index is -3.73. The van der Waals surface area contributed by atoms with E-state index in [1.54, 1.807) is 12.1 Å². The van der Waals surface area contributed by atoms with E-state index >= 15 is 0 Å². The van der Waals surface area contributed by atoms with Crippen molar-refractivity contribution in [2.45, 2.75) is 24.7 Å². The van der Waals surface area contributed by atoms with Gasteiger partial charge in [-0.05, 0) is 53.4 Å². The largest absolute Gasteiger partial charge is 0.456 e. The maximum Gasteiger partial charge on any atom is 0.238 e. The van der Waals surface area contributed by atoms with Crippen LogP contribution in [0.4, 0.5) is 0 Å². The molecule has 0 radical (unpaired) electrons. The van der Waals surface area contributed by atoms with Crippen molar-refractivity contribution in [3.8, 4) is 5.75 Å². The Morgan fingerprint density at radius 3 is 2.18 bits per heavy atom. The van der Waals surface area contributed by atoms with Gasteiger partial charge < -0.3 is 4.74 Å². The molecule has 3 aromatic rings. The number of nitrogens with two attached hydrogens (primary N) is 1. The molecule has 1 aliphatic heterocycles. The zero-order chi connectivity index (χ0) is 19.7. The van der Waals surface area contributed by atoms with Crippen LogP contribution in [-0.2, 0) is 22.9 Å². The quantitative estimate of drug-likeness (QED) is 0.717. The lowest BCUT2D eigenvalue weighted by atomic mass is 9.91. The van der Waals surface area contributed by atoms with E-state index in [9.17, 15) is 8.42 Å². The molecule has 142 valence electrons. The first-order valence-electron chi connectivity index (χ1n) is 9.17. The van der Waals surface area contributed by atoms with E-state index in [0.717, 1.165) is 46.6 Å². The zero-order valence-electron chi connectivity index (χ0n) is 15.6. The molecule has 4 rings (SSSR count). The van der Waals surface area contributed by atoms with Crippen molar-refractivity contribution in [1.29, 1.82) is 0 Å². The highest BCUT2D eigenvalue weighted by atomic mass is 32.2. The Morgan fingerprint density at radius 2 is 1.54 bits per heavy atom. The summed E-state index contributed by atoms with van der Waals surface area (Å²) >= 11 is 0. The topological polar surface area (TPSA) is 69.4 Å². The number of ether oxygens (including phenoxy) is 1. The highest BCUT2D eigenvalue weighted by Gasteiger charge is 2.22. The third kappa shape index (κ3) is 3.59. The van der Waals surface area contributed by atoms with Crippen LogP contribution >= 0.6 is 0 Å². The van der Waals surface area contributed by atoms with Gasteiger partial charge in [-0.25, -0.2) is 13.6 Å². The van der Waals surface area contributed by atoms with Crippen LogP contribution in [0.3, 0.4) is 0 Å². The number of allylic oxidation sites excluding steroid dienone is 1. The molecule has 0 atom stereocenters. The number of aryl methyl sites for hydroxylation is 1. The van der Waals surface area contributed by atoms with E-state index in [4.69, 9.17) is 9.88 Å². The summed E-state index contributed by atoms with van der Waals surface area (Å²) in [5.74, 6) is 1.56. The molecule has 0 saturated heterocycles. The van der Waals surface area contributed by atoms with Gasteiger partial charge in [0.1, 0.15) is 11.5 Å². The molecule has 0 fully saturated rings. The summed E-state index contributed by atoms with van der Waals surface area (Å²) in [7, 11) is -3.73. The maximum atomic E-state index is 11.6. The second-order valence-electron chi connectivity index (χ2n) is 6.81. The van der Waals surface area contributed by atoms with Crippen molar-refractivity contribution >= 4 is 21.4 Å². The van der Waals surface area contributed by atoms with E-state index in [1.807, 2.05) is 18.2 Å². The maximum absolute atomic E-state index is 11.6. The van der Waals surface area contributed by atoms with E-state index in [1.165, 1.54) is 17.7 Å². The predicted octanol–water partition coefficient (Wildman–Crippen LogP) is 4.40. The van der Waals surface area contributed by atoms with Crippen molar-refractivity contribution in [1.82, 2.24) is 0 Å². The first-order valence-corrected chi connectivity index (χ1v) is 10.7. The molecule has 1 heterocycles. The number of hydrogen-bond acceptors (Lipinski definition) is 3. The van der Waals surface area contributed by atoms with Crippen LogP contribution in [0.5, 0.6) is 5.75 Å². The fourth-order valence-electron chi connectivity index (χ4n) is 3.40. The minimum absolute atomic E-state index is 0.0851. The fourth-order valence-corrected chi connectivity index (χ4v) is 3.91. The van der Waals surface area contributed by atoms with Crippen LogP contribution in [-0.4, -0.2) is 8.42 Å².